The van der Waals surface area contributed by atoms with E-state index in [2.05, 4.69) is 5.32 Å². The van der Waals surface area contributed by atoms with Gasteiger partial charge in [-0.2, -0.15) is 0 Å². The van der Waals surface area contributed by atoms with Crippen molar-refractivity contribution in [2.45, 2.75) is 32.4 Å². The Morgan fingerprint density at radius 3 is 2.45 bits per heavy atom. The smallest absolute Gasteiger partial charge is 0.248 e. The van der Waals surface area contributed by atoms with Crippen LogP contribution in [0.2, 0.25) is 0 Å². The van der Waals surface area contributed by atoms with Gasteiger partial charge >= 0.3 is 0 Å². The van der Waals surface area contributed by atoms with Crippen molar-refractivity contribution in [3.63, 3.8) is 0 Å². The molecule has 0 unspecified atom stereocenters. The number of nitrogens with one attached hydrogen (secondary N) is 1. The first-order chi connectivity index (χ1) is 5.11. The monoisotopic (exact) mass is 161 g/mol. The zero-order chi connectivity index (χ0) is 8.85. The van der Waals surface area contributed by atoms with Crippen molar-refractivity contribution in [1.29, 1.82) is 0 Å². The molecule has 0 fully saturated rings. The van der Waals surface area contributed by atoms with Gasteiger partial charge in [-0.25, -0.2) is 0 Å². The predicted molar refractivity (Wildman–Crippen MR) is 41.0 cm³/mol. The zero-order valence-corrected chi connectivity index (χ0v) is 6.87. The summed E-state index contributed by atoms with van der Waals surface area (Å²) in [6.07, 6.45) is -0.342. The highest BCUT2D eigenvalue weighted by atomic mass is 16.3. The van der Waals surface area contributed by atoms with Gasteiger partial charge in [-0.05, 0) is 13.3 Å². The number of hydrogen-bond donors (Lipinski definition) is 3. The molecule has 0 saturated carbocycles. The van der Waals surface area contributed by atoms with Crippen molar-refractivity contribution >= 4 is 5.91 Å². The largest absolute Gasteiger partial charge is 0.394 e. The lowest BCUT2D eigenvalue weighted by Crippen LogP contribution is -2.41. The van der Waals surface area contributed by atoms with Crippen LogP contribution < -0.4 is 5.32 Å². The first-order valence-corrected chi connectivity index (χ1v) is 3.71. The zero-order valence-electron chi connectivity index (χ0n) is 6.87. The molecule has 0 aliphatic heterocycles. The van der Waals surface area contributed by atoms with Gasteiger partial charge in [0, 0.05) is 0 Å². The van der Waals surface area contributed by atoms with Crippen LogP contribution in [0.3, 0.4) is 0 Å². The second kappa shape index (κ2) is 5.09. The van der Waals surface area contributed by atoms with Gasteiger partial charge in [0.1, 0.15) is 6.10 Å². The van der Waals surface area contributed by atoms with Crippen molar-refractivity contribution in [2.24, 2.45) is 0 Å². The Hall–Kier alpha value is -0.610. The maximum atomic E-state index is 10.8. The SMILES string of the molecule is CC[C@@H](CO)NC(=O)[C@@H](C)O. The number of hydrogen-bond acceptors (Lipinski definition) is 3. The summed E-state index contributed by atoms with van der Waals surface area (Å²) in [4.78, 5) is 10.8. The van der Waals surface area contributed by atoms with Gasteiger partial charge < -0.3 is 15.5 Å². The third-order valence-electron chi connectivity index (χ3n) is 1.44. The third kappa shape index (κ3) is 3.95. The van der Waals surface area contributed by atoms with Crippen LogP contribution in [0.1, 0.15) is 20.3 Å². The Morgan fingerprint density at radius 1 is 1.64 bits per heavy atom. The topological polar surface area (TPSA) is 69.6 Å². The maximum absolute atomic E-state index is 10.8. The second-order valence-electron chi connectivity index (χ2n) is 2.47. The number of amides is 1. The van der Waals surface area contributed by atoms with Gasteiger partial charge in [0.15, 0.2) is 0 Å². The Balaban J connectivity index is 3.72. The summed E-state index contributed by atoms with van der Waals surface area (Å²) in [6, 6.07) is -0.239. The Morgan fingerprint density at radius 2 is 2.18 bits per heavy atom. The van der Waals surface area contributed by atoms with Crippen LogP contribution >= 0.6 is 0 Å². The fraction of sp³-hybridized carbons (Fsp3) is 0.857. The molecule has 0 aromatic carbocycles. The number of carbonyl (C=O) groups is 1. The molecule has 0 saturated heterocycles. The summed E-state index contributed by atoms with van der Waals surface area (Å²) < 4.78 is 0. The van der Waals surface area contributed by atoms with Crippen LogP contribution in [0.25, 0.3) is 0 Å². The van der Waals surface area contributed by atoms with E-state index in [0.29, 0.717) is 6.42 Å². The molecule has 0 rings (SSSR count). The summed E-state index contributed by atoms with van der Waals surface area (Å²) in [6.45, 7) is 3.15. The second-order valence-corrected chi connectivity index (χ2v) is 2.47. The van der Waals surface area contributed by atoms with E-state index in [0.717, 1.165) is 0 Å². The lowest BCUT2D eigenvalue weighted by atomic mass is 10.2. The van der Waals surface area contributed by atoms with E-state index in [1.54, 1.807) is 0 Å². The number of aliphatic hydroxyl groups excluding tert-OH is 2. The average molecular weight is 161 g/mol. The fourth-order valence-corrected chi connectivity index (χ4v) is 0.599. The van der Waals surface area contributed by atoms with Crippen molar-refractivity contribution in [2.75, 3.05) is 6.61 Å². The molecule has 0 aliphatic carbocycles. The van der Waals surface area contributed by atoms with E-state index in [4.69, 9.17) is 10.2 Å². The van der Waals surface area contributed by atoms with E-state index in [1.165, 1.54) is 6.92 Å². The minimum atomic E-state index is -1.00. The van der Waals surface area contributed by atoms with Crippen LogP contribution in [0, 0.1) is 0 Å². The average Bonchev–Trinajstić information content (AvgIpc) is 1.99. The molecule has 4 nitrogen and oxygen atoms in total. The molecule has 0 spiro atoms. The lowest BCUT2D eigenvalue weighted by molar-refractivity contribution is -0.129. The van der Waals surface area contributed by atoms with Gasteiger partial charge in [-0.1, -0.05) is 6.92 Å². The van der Waals surface area contributed by atoms with Crippen molar-refractivity contribution < 1.29 is 15.0 Å². The molecular weight excluding hydrogens is 146 g/mol. The van der Waals surface area contributed by atoms with E-state index in [1.807, 2.05) is 6.92 Å². The minimum absolute atomic E-state index is 0.0883. The lowest BCUT2D eigenvalue weighted by Gasteiger charge is -2.14. The van der Waals surface area contributed by atoms with Gasteiger partial charge in [0.05, 0.1) is 12.6 Å². The Labute approximate surface area is 66.2 Å². The van der Waals surface area contributed by atoms with Gasteiger partial charge in [-0.15, -0.1) is 0 Å². The van der Waals surface area contributed by atoms with Crippen LogP contribution in [-0.2, 0) is 4.79 Å². The van der Waals surface area contributed by atoms with E-state index >= 15 is 0 Å². The highest BCUT2D eigenvalue weighted by Gasteiger charge is 2.12. The van der Waals surface area contributed by atoms with Crippen LogP contribution in [0.5, 0.6) is 0 Å². The van der Waals surface area contributed by atoms with Crippen molar-refractivity contribution in [3.05, 3.63) is 0 Å². The number of carbonyl (C=O) groups excluding carboxylic acids is 1. The maximum Gasteiger partial charge on any atom is 0.248 e. The van der Waals surface area contributed by atoms with Gasteiger partial charge in [0.2, 0.25) is 5.91 Å². The predicted octanol–water partition coefficient (Wildman–Crippen LogP) is -0.746. The normalized spacial score (nSPS) is 15.6. The van der Waals surface area contributed by atoms with Crippen molar-refractivity contribution in [3.8, 4) is 0 Å². The Kier molecular flexibility index (Phi) is 4.81. The summed E-state index contributed by atoms with van der Waals surface area (Å²) in [5.74, 6) is -0.439. The molecule has 66 valence electrons. The molecule has 11 heavy (non-hydrogen) atoms. The molecule has 0 heterocycles. The van der Waals surface area contributed by atoms with Crippen LogP contribution in [-0.4, -0.2) is 34.9 Å². The third-order valence-corrected chi connectivity index (χ3v) is 1.44. The molecule has 3 N–H and O–H groups in total. The summed E-state index contributed by atoms with van der Waals surface area (Å²) in [5, 5.41) is 19.9. The minimum Gasteiger partial charge on any atom is -0.394 e. The molecule has 0 aromatic heterocycles. The number of aliphatic hydroxyl groups is 2. The highest BCUT2D eigenvalue weighted by Crippen LogP contribution is 1.90. The molecule has 2 atom stereocenters. The summed E-state index contributed by atoms with van der Waals surface area (Å²) >= 11 is 0. The van der Waals surface area contributed by atoms with E-state index in [9.17, 15) is 4.79 Å². The molecule has 0 aromatic rings. The number of rotatable bonds is 4. The molecule has 0 radical (unpaired) electrons. The van der Waals surface area contributed by atoms with E-state index in [-0.39, 0.29) is 12.6 Å². The first-order valence-electron chi connectivity index (χ1n) is 3.71. The first kappa shape index (κ1) is 10.4. The standard InChI is InChI=1S/C7H15NO3/c1-3-6(4-9)8-7(11)5(2)10/h5-6,9-10H,3-4H2,1-2H3,(H,8,11)/t5-,6+/m1/s1. The quantitative estimate of drug-likeness (QED) is 0.508. The molecule has 0 bridgehead atoms. The van der Waals surface area contributed by atoms with Crippen LogP contribution in [0.4, 0.5) is 0 Å². The van der Waals surface area contributed by atoms with Gasteiger partial charge in [-0.3, -0.25) is 4.79 Å². The van der Waals surface area contributed by atoms with Crippen LogP contribution in [0.15, 0.2) is 0 Å². The van der Waals surface area contributed by atoms with E-state index < -0.39 is 12.0 Å². The highest BCUT2D eigenvalue weighted by molar-refractivity contribution is 5.80. The Bertz CT molecular complexity index is 121. The fourth-order valence-electron chi connectivity index (χ4n) is 0.599. The molecule has 4 heteroatoms. The summed E-state index contributed by atoms with van der Waals surface area (Å²) in [7, 11) is 0. The van der Waals surface area contributed by atoms with Gasteiger partial charge in [0.25, 0.3) is 0 Å². The molecule has 1 amide bonds. The molecular formula is C7H15NO3. The van der Waals surface area contributed by atoms with Crippen molar-refractivity contribution in [1.82, 2.24) is 5.32 Å². The summed E-state index contributed by atoms with van der Waals surface area (Å²) in [5.41, 5.74) is 0. The molecule has 0 aliphatic rings.